The molecule has 0 bridgehead atoms. The average Bonchev–Trinajstić information content (AvgIpc) is 2.51. The molecule has 1 fully saturated rings. The topological polar surface area (TPSA) is 15.3 Å². The van der Waals surface area contributed by atoms with E-state index in [9.17, 15) is 0 Å². The van der Waals surface area contributed by atoms with Crippen molar-refractivity contribution in [1.82, 2.24) is 10.2 Å². The van der Waals surface area contributed by atoms with Crippen molar-refractivity contribution in [3.63, 3.8) is 0 Å². The molecule has 1 aliphatic heterocycles. The summed E-state index contributed by atoms with van der Waals surface area (Å²) in [6.07, 6.45) is 8.06. The van der Waals surface area contributed by atoms with Gasteiger partial charge in [-0.3, -0.25) is 4.90 Å². The zero-order chi connectivity index (χ0) is 14.0. The number of rotatable bonds is 8. The third-order valence-corrected chi connectivity index (χ3v) is 4.38. The second-order valence-corrected chi connectivity index (χ2v) is 5.94. The lowest BCUT2D eigenvalue weighted by Crippen LogP contribution is -2.45. The molecule has 0 radical (unpaired) electrons. The molecule has 1 unspecified atom stereocenters. The molecule has 1 saturated heterocycles. The summed E-state index contributed by atoms with van der Waals surface area (Å²) in [5, 5.41) is 3.52. The van der Waals surface area contributed by atoms with E-state index in [0.717, 1.165) is 12.6 Å². The van der Waals surface area contributed by atoms with Crippen LogP contribution in [0.15, 0.2) is 30.3 Å². The van der Waals surface area contributed by atoms with E-state index in [0.29, 0.717) is 0 Å². The zero-order valence-corrected chi connectivity index (χ0v) is 13.0. The molecule has 2 rings (SSSR count). The summed E-state index contributed by atoms with van der Waals surface area (Å²) in [4.78, 5) is 2.72. The van der Waals surface area contributed by atoms with Gasteiger partial charge in [0, 0.05) is 12.6 Å². The Labute approximate surface area is 124 Å². The molecule has 2 heteroatoms. The molecular formula is C18H30N2. The maximum Gasteiger partial charge on any atom is 0.0220 e. The number of nitrogens with zero attached hydrogens (tertiary/aromatic N) is 1. The summed E-state index contributed by atoms with van der Waals surface area (Å²) in [5.74, 6) is 0. The normalized spacial score (nSPS) is 20.1. The van der Waals surface area contributed by atoms with Crippen LogP contribution in [0.3, 0.4) is 0 Å². The van der Waals surface area contributed by atoms with Gasteiger partial charge in [-0.1, -0.05) is 43.7 Å². The summed E-state index contributed by atoms with van der Waals surface area (Å²) in [6.45, 7) is 7.06. The Balaban J connectivity index is 1.66. The van der Waals surface area contributed by atoms with Gasteiger partial charge in [0.05, 0.1) is 0 Å². The highest BCUT2D eigenvalue weighted by Crippen LogP contribution is 2.17. The van der Waals surface area contributed by atoms with E-state index in [1.54, 1.807) is 0 Å². The monoisotopic (exact) mass is 274 g/mol. The van der Waals surface area contributed by atoms with Gasteiger partial charge >= 0.3 is 0 Å². The summed E-state index contributed by atoms with van der Waals surface area (Å²) < 4.78 is 0. The van der Waals surface area contributed by atoms with Gasteiger partial charge in [-0.05, 0) is 57.3 Å². The highest BCUT2D eigenvalue weighted by Gasteiger charge is 2.20. The Bertz CT molecular complexity index is 350. The van der Waals surface area contributed by atoms with Crippen LogP contribution in [0.5, 0.6) is 0 Å². The maximum absolute atomic E-state index is 3.52. The number of likely N-dealkylation sites (N-methyl/N-ethyl adjacent to an activating group) is 1. The smallest absolute Gasteiger partial charge is 0.0220 e. The first kappa shape index (κ1) is 15.5. The van der Waals surface area contributed by atoms with Gasteiger partial charge in [0.15, 0.2) is 0 Å². The molecule has 1 atom stereocenters. The number of likely N-dealkylation sites (tertiary alicyclic amines) is 1. The first-order valence-corrected chi connectivity index (χ1v) is 8.39. The fraction of sp³-hybridized carbons (Fsp3) is 0.667. The predicted molar refractivity (Wildman–Crippen MR) is 87.1 cm³/mol. The molecule has 0 spiro atoms. The third-order valence-electron chi connectivity index (χ3n) is 4.38. The van der Waals surface area contributed by atoms with E-state index in [4.69, 9.17) is 0 Å². The molecule has 1 N–H and O–H groups in total. The largest absolute Gasteiger partial charge is 0.315 e. The Kier molecular flexibility index (Phi) is 7.10. The molecule has 0 amide bonds. The Morgan fingerprint density at radius 3 is 2.80 bits per heavy atom. The lowest BCUT2D eigenvalue weighted by atomic mass is 10.0. The number of benzene rings is 1. The molecule has 1 aromatic rings. The minimum Gasteiger partial charge on any atom is -0.315 e. The van der Waals surface area contributed by atoms with E-state index < -0.39 is 0 Å². The van der Waals surface area contributed by atoms with Crippen molar-refractivity contribution in [1.29, 1.82) is 0 Å². The fourth-order valence-corrected chi connectivity index (χ4v) is 3.19. The third kappa shape index (κ3) is 5.26. The molecule has 1 aromatic carbocycles. The van der Waals surface area contributed by atoms with Gasteiger partial charge in [-0.2, -0.15) is 0 Å². The van der Waals surface area contributed by atoms with Crippen LogP contribution in [0.2, 0.25) is 0 Å². The number of hydrogen-bond acceptors (Lipinski definition) is 2. The van der Waals surface area contributed by atoms with Crippen molar-refractivity contribution in [2.45, 2.75) is 51.5 Å². The van der Waals surface area contributed by atoms with Crippen molar-refractivity contribution in [3.05, 3.63) is 35.9 Å². The number of hydrogen-bond donors (Lipinski definition) is 1. The van der Waals surface area contributed by atoms with Crippen molar-refractivity contribution in [2.24, 2.45) is 0 Å². The van der Waals surface area contributed by atoms with Gasteiger partial charge in [0.1, 0.15) is 0 Å². The lowest BCUT2D eigenvalue weighted by molar-refractivity contribution is 0.143. The van der Waals surface area contributed by atoms with Crippen LogP contribution in [0.25, 0.3) is 0 Å². The maximum atomic E-state index is 3.52. The number of aryl methyl sites for hydroxylation is 1. The van der Waals surface area contributed by atoms with E-state index in [-0.39, 0.29) is 0 Å². The second kappa shape index (κ2) is 9.15. The minimum absolute atomic E-state index is 0.778. The molecule has 1 heterocycles. The van der Waals surface area contributed by atoms with Crippen LogP contribution in [-0.4, -0.2) is 37.1 Å². The highest BCUT2D eigenvalue weighted by molar-refractivity contribution is 5.14. The molecule has 112 valence electrons. The Morgan fingerprint density at radius 2 is 2.00 bits per heavy atom. The standard InChI is InChI=1S/C18H30N2/c1-2-19-16-18-13-7-9-15-20(18)14-8-6-12-17-10-4-3-5-11-17/h3-5,10-11,18-19H,2,6-9,12-16H2,1H3. The van der Waals surface area contributed by atoms with Crippen LogP contribution in [-0.2, 0) is 6.42 Å². The van der Waals surface area contributed by atoms with E-state index >= 15 is 0 Å². The Morgan fingerprint density at radius 1 is 1.15 bits per heavy atom. The number of nitrogens with one attached hydrogen (secondary N) is 1. The lowest BCUT2D eigenvalue weighted by Gasteiger charge is -2.36. The molecule has 0 saturated carbocycles. The number of piperidine rings is 1. The molecule has 1 aliphatic rings. The fourth-order valence-electron chi connectivity index (χ4n) is 3.19. The molecule has 20 heavy (non-hydrogen) atoms. The predicted octanol–water partition coefficient (Wildman–Crippen LogP) is 3.47. The van der Waals surface area contributed by atoms with Gasteiger partial charge in [-0.15, -0.1) is 0 Å². The first-order chi connectivity index (χ1) is 9.90. The van der Waals surface area contributed by atoms with E-state index in [1.165, 1.54) is 63.7 Å². The van der Waals surface area contributed by atoms with Gasteiger partial charge in [0.25, 0.3) is 0 Å². The van der Waals surface area contributed by atoms with Crippen molar-refractivity contribution in [3.8, 4) is 0 Å². The van der Waals surface area contributed by atoms with E-state index in [2.05, 4.69) is 47.5 Å². The molecule has 0 aromatic heterocycles. The van der Waals surface area contributed by atoms with Gasteiger partial charge < -0.3 is 5.32 Å². The SMILES string of the molecule is CCNCC1CCCCN1CCCCc1ccccc1. The van der Waals surface area contributed by atoms with Crippen molar-refractivity contribution in [2.75, 3.05) is 26.2 Å². The molecule has 0 aliphatic carbocycles. The second-order valence-electron chi connectivity index (χ2n) is 5.94. The van der Waals surface area contributed by atoms with Crippen LogP contribution >= 0.6 is 0 Å². The first-order valence-electron chi connectivity index (χ1n) is 8.39. The minimum atomic E-state index is 0.778. The Hall–Kier alpha value is -0.860. The number of unbranched alkanes of at least 4 members (excludes halogenated alkanes) is 1. The van der Waals surface area contributed by atoms with Crippen LogP contribution in [0, 0.1) is 0 Å². The van der Waals surface area contributed by atoms with Crippen LogP contribution in [0.4, 0.5) is 0 Å². The zero-order valence-electron chi connectivity index (χ0n) is 13.0. The van der Waals surface area contributed by atoms with Crippen molar-refractivity contribution < 1.29 is 0 Å². The molecule has 2 nitrogen and oxygen atoms in total. The van der Waals surface area contributed by atoms with Gasteiger partial charge in [-0.25, -0.2) is 0 Å². The molecular weight excluding hydrogens is 244 g/mol. The average molecular weight is 274 g/mol. The van der Waals surface area contributed by atoms with E-state index in [1.807, 2.05) is 0 Å². The van der Waals surface area contributed by atoms with Crippen LogP contribution in [0.1, 0.15) is 44.6 Å². The van der Waals surface area contributed by atoms with Gasteiger partial charge in [0.2, 0.25) is 0 Å². The van der Waals surface area contributed by atoms with Crippen molar-refractivity contribution >= 4 is 0 Å². The van der Waals surface area contributed by atoms with Crippen LogP contribution < -0.4 is 5.32 Å². The summed E-state index contributed by atoms with van der Waals surface area (Å²) in [6, 6.07) is 11.7. The quantitative estimate of drug-likeness (QED) is 0.730. The summed E-state index contributed by atoms with van der Waals surface area (Å²) >= 11 is 0. The summed E-state index contributed by atoms with van der Waals surface area (Å²) in [7, 11) is 0. The highest BCUT2D eigenvalue weighted by atomic mass is 15.2. The summed E-state index contributed by atoms with van der Waals surface area (Å²) in [5.41, 5.74) is 1.48.